The van der Waals surface area contributed by atoms with Crippen LogP contribution in [-0.2, 0) is 5.41 Å². The maximum Gasteiger partial charge on any atom is 0.160 e. The van der Waals surface area contributed by atoms with Crippen molar-refractivity contribution in [2.45, 2.75) is 25.7 Å². The van der Waals surface area contributed by atoms with Crippen LogP contribution >= 0.6 is 11.6 Å². The molecule has 0 saturated heterocycles. The summed E-state index contributed by atoms with van der Waals surface area (Å²) in [7, 11) is 1.85. The van der Waals surface area contributed by atoms with E-state index in [1.54, 1.807) is 0 Å². The van der Waals surface area contributed by atoms with E-state index in [1.165, 1.54) is 6.07 Å². The van der Waals surface area contributed by atoms with Gasteiger partial charge < -0.3 is 5.32 Å². The van der Waals surface area contributed by atoms with E-state index >= 15 is 0 Å². The Kier molecular flexibility index (Phi) is 4.28. The standard InChI is InChI=1S/C12H16ClF2N/c1-12(2,4-5-16-3)8-6-10(14)11(15)7-9(8)13/h6-7,16H,4-5H2,1-3H3. The second-order valence-corrected chi connectivity index (χ2v) is 4.89. The first-order valence-corrected chi connectivity index (χ1v) is 5.56. The molecule has 1 N–H and O–H groups in total. The zero-order chi connectivity index (χ0) is 12.3. The van der Waals surface area contributed by atoms with Gasteiger partial charge in [0.25, 0.3) is 0 Å². The van der Waals surface area contributed by atoms with E-state index in [9.17, 15) is 8.78 Å². The Bertz CT molecular complexity index is 378. The van der Waals surface area contributed by atoms with Gasteiger partial charge in [-0.25, -0.2) is 8.78 Å². The SMILES string of the molecule is CNCCC(C)(C)c1cc(F)c(F)cc1Cl. The number of hydrogen-bond donors (Lipinski definition) is 1. The van der Waals surface area contributed by atoms with Gasteiger partial charge in [-0.2, -0.15) is 0 Å². The summed E-state index contributed by atoms with van der Waals surface area (Å²) in [5.74, 6) is -1.75. The topological polar surface area (TPSA) is 12.0 Å². The quantitative estimate of drug-likeness (QED) is 0.803. The Morgan fingerprint density at radius 1 is 1.25 bits per heavy atom. The van der Waals surface area contributed by atoms with E-state index in [0.717, 1.165) is 19.0 Å². The highest BCUT2D eigenvalue weighted by Crippen LogP contribution is 2.33. The van der Waals surface area contributed by atoms with E-state index in [-0.39, 0.29) is 10.4 Å². The van der Waals surface area contributed by atoms with E-state index < -0.39 is 11.6 Å². The van der Waals surface area contributed by atoms with Crippen molar-refractivity contribution in [3.63, 3.8) is 0 Å². The van der Waals surface area contributed by atoms with Crippen molar-refractivity contribution in [3.05, 3.63) is 34.4 Å². The lowest BCUT2D eigenvalue weighted by atomic mass is 9.81. The Balaban J connectivity index is 3.07. The monoisotopic (exact) mass is 247 g/mol. The molecule has 0 unspecified atom stereocenters. The smallest absolute Gasteiger partial charge is 0.160 e. The van der Waals surface area contributed by atoms with Gasteiger partial charge >= 0.3 is 0 Å². The molecule has 0 saturated carbocycles. The van der Waals surface area contributed by atoms with Crippen LogP contribution in [0, 0.1) is 11.6 Å². The normalized spacial score (nSPS) is 11.9. The maximum atomic E-state index is 13.2. The summed E-state index contributed by atoms with van der Waals surface area (Å²) in [4.78, 5) is 0. The van der Waals surface area contributed by atoms with Gasteiger partial charge in [0.1, 0.15) is 0 Å². The molecule has 16 heavy (non-hydrogen) atoms. The van der Waals surface area contributed by atoms with Crippen LogP contribution in [0.25, 0.3) is 0 Å². The molecule has 0 aliphatic rings. The highest BCUT2D eigenvalue weighted by Gasteiger charge is 2.24. The fraction of sp³-hybridized carbons (Fsp3) is 0.500. The van der Waals surface area contributed by atoms with Crippen LogP contribution in [0.15, 0.2) is 12.1 Å². The fourth-order valence-electron chi connectivity index (χ4n) is 1.61. The van der Waals surface area contributed by atoms with Gasteiger partial charge in [0, 0.05) is 5.02 Å². The van der Waals surface area contributed by atoms with Gasteiger partial charge in [0.05, 0.1) is 0 Å². The molecule has 0 atom stereocenters. The molecule has 1 aromatic rings. The predicted molar refractivity (Wildman–Crippen MR) is 62.9 cm³/mol. The van der Waals surface area contributed by atoms with Crippen molar-refractivity contribution in [3.8, 4) is 0 Å². The molecule has 0 bridgehead atoms. The summed E-state index contributed by atoms with van der Waals surface area (Å²) in [6.07, 6.45) is 0.800. The molecule has 0 radical (unpaired) electrons. The van der Waals surface area contributed by atoms with Crippen molar-refractivity contribution in [2.24, 2.45) is 0 Å². The number of halogens is 3. The minimum atomic E-state index is -0.904. The molecule has 1 nitrogen and oxygen atoms in total. The third-order valence-electron chi connectivity index (χ3n) is 2.74. The first-order chi connectivity index (χ1) is 7.38. The van der Waals surface area contributed by atoms with Crippen LogP contribution in [0.4, 0.5) is 8.78 Å². The predicted octanol–water partition coefficient (Wildman–Crippen LogP) is 3.51. The summed E-state index contributed by atoms with van der Waals surface area (Å²) < 4.78 is 26.1. The van der Waals surface area contributed by atoms with Crippen molar-refractivity contribution in [2.75, 3.05) is 13.6 Å². The van der Waals surface area contributed by atoms with Crippen LogP contribution in [0.3, 0.4) is 0 Å². The first-order valence-electron chi connectivity index (χ1n) is 5.18. The number of hydrogen-bond acceptors (Lipinski definition) is 1. The molecule has 0 spiro atoms. The van der Waals surface area contributed by atoms with E-state index in [4.69, 9.17) is 11.6 Å². The lowest BCUT2D eigenvalue weighted by molar-refractivity contribution is 0.456. The van der Waals surface area contributed by atoms with Crippen molar-refractivity contribution >= 4 is 11.6 Å². The molecule has 0 heterocycles. The molecular weight excluding hydrogens is 232 g/mol. The number of benzene rings is 1. The third-order valence-corrected chi connectivity index (χ3v) is 3.05. The molecular formula is C12H16ClF2N. The van der Waals surface area contributed by atoms with E-state index in [0.29, 0.717) is 5.56 Å². The first kappa shape index (κ1) is 13.4. The lowest BCUT2D eigenvalue weighted by Gasteiger charge is -2.26. The Labute approximate surface area is 99.8 Å². The van der Waals surface area contributed by atoms with Crippen LogP contribution in [0.2, 0.25) is 5.02 Å². The average Bonchev–Trinajstić information content (AvgIpc) is 2.20. The Hall–Kier alpha value is -0.670. The van der Waals surface area contributed by atoms with Gasteiger partial charge in [-0.1, -0.05) is 25.4 Å². The lowest BCUT2D eigenvalue weighted by Crippen LogP contribution is -2.24. The molecule has 0 amide bonds. The maximum absolute atomic E-state index is 13.2. The molecule has 0 aromatic heterocycles. The second kappa shape index (κ2) is 5.11. The Morgan fingerprint density at radius 3 is 2.38 bits per heavy atom. The average molecular weight is 248 g/mol. The summed E-state index contributed by atoms with van der Waals surface area (Å²) in [6, 6.07) is 2.22. The van der Waals surface area contributed by atoms with E-state index in [1.807, 2.05) is 20.9 Å². The molecule has 90 valence electrons. The van der Waals surface area contributed by atoms with Crippen molar-refractivity contribution in [1.29, 1.82) is 0 Å². The molecule has 0 fully saturated rings. The highest BCUT2D eigenvalue weighted by molar-refractivity contribution is 6.31. The summed E-state index contributed by atoms with van der Waals surface area (Å²) in [5.41, 5.74) is 0.359. The molecule has 0 aliphatic heterocycles. The zero-order valence-corrected chi connectivity index (χ0v) is 10.5. The van der Waals surface area contributed by atoms with Gasteiger partial charge in [-0.3, -0.25) is 0 Å². The van der Waals surface area contributed by atoms with Crippen LogP contribution in [-0.4, -0.2) is 13.6 Å². The van der Waals surface area contributed by atoms with Crippen molar-refractivity contribution in [1.82, 2.24) is 5.32 Å². The Morgan fingerprint density at radius 2 is 1.81 bits per heavy atom. The van der Waals surface area contributed by atoms with Crippen molar-refractivity contribution < 1.29 is 8.78 Å². The number of nitrogens with one attached hydrogen (secondary N) is 1. The van der Waals surface area contributed by atoms with Crippen LogP contribution in [0.1, 0.15) is 25.8 Å². The second-order valence-electron chi connectivity index (χ2n) is 4.48. The molecule has 0 aliphatic carbocycles. The zero-order valence-electron chi connectivity index (χ0n) is 9.70. The summed E-state index contributed by atoms with van der Waals surface area (Å²) in [5, 5.41) is 3.31. The fourth-order valence-corrected chi connectivity index (χ4v) is 2.02. The van der Waals surface area contributed by atoms with Gasteiger partial charge in [0.15, 0.2) is 11.6 Å². The minimum absolute atomic E-state index is 0.278. The molecule has 1 aromatic carbocycles. The van der Waals surface area contributed by atoms with Gasteiger partial charge in [-0.15, -0.1) is 0 Å². The summed E-state index contributed by atoms with van der Waals surface area (Å²) in [6.45, 7) is 4.72. The summed E-state index contributed by atoms with van der Waals surface area (Å²) >= 11 is 5.94. The largest absolute Gasteiger partial charge is 0.320 e. The van der Waals surface area contributed by atoms with E-state index in [2.05, 4.69) is 5.32 Å². The van der Waals surface area contributed by atoms with Gasteiger partial charge in [0.2, 0.25) is 0 Å². The van der Waals surface area contributed by atoms with Crippen LogP contribution < -0.4 is 5.32 Å². The molecule has 1 rings (SSSR count). The minimum Gasteiger partial charge on any atom is -0.320 e. The highest BCUT2D eigenvalue weighted by atomic mass is 35.5. The van der Waals surface area contributed by atoms with Crippen LogP contribution in [0.5, 0.6) is 0 Å². The van der Waals surface area contributed by atoms with Gasteiger partial charge in [-0.05, 0) is 43.1 Å². The number of rotatable bonds is 4. The third kappa shape index (κ3) is 2.92. The molecule has 4 heteroatoms.